The van der Waals surface area contributed by atoms with Gasteiger partial charge in [-0.1, -0.05) is 45.0 Å². The minimum atomic E-state index is -4.18. The Morgan fingerprint density at radius 1 is 0.980 bits per heavy atom. The number of carbonyl (C=O) groups excluding carboxylic acids is 1. The molecule has 0 spiro atoms. The van der Waals surface area contributed by atoms with Crippen molar-refractivity contribution in [1.29, 1.82) is 0 Å². The Hall–Kier alpha value is -4.62. The number of morpholine rings is 1. The Morgan fingerprint density at radius 2 is 1.71 bits per heavy atom. The number of amides is 1. The fraction of sp³-hybridized carbons (Fsp3) is 0.417. The standard InChI is InChI=1S/C36H41N7O5S/c1-22-8-6-9-23(2)33(22)30-14-32-40-35(39-30)41-49(45,46)29-11-7-10-24(12-29)34(44)43(26(21-48-32)15-36(3,4)5)19-31-37-16-27(17-38-31)42-18-28-13-25(42)20-47-28/h6-12,14,16-17,25-26,28H,13,15,18-21H2,1-5H3,(H,39,40,41)/t25?,26-,28?/m1/s1. The van der Waals surface area contributed by atoms with E-state index in [4.69, 9.17) is 19.4 Å². The van der Waals surface area contributed by atoms with Crippen molar-refractivity contribution in [3.63, 3.8) is 0 Å². The van der Waals surface area contributed by atoms with Crippen molar-refractivity contribution < 1.29 is 22.7 Å². The summed E-state index contributed by atoms with van der Waals surface area (Å²) in [6, 6.07) is 13.5. The van der Waals surface area contributed by atoms with Crippen LogP contribution in [0.5, 0.6) is 5.88 Å². The van der Waals surface area contributed by atoms with Crippen molar-refractivity contribution in [2.75, 3.05) is 29.4 Å². The SMILES string of the molecule is Cc1cccc(C)c1-c1cc2nc(n1)NS(=O)(=O)c1cccc(c1)C(=O)N(Cc1ncc(N3CC4CC3CO4)cn1)[C@H](CC(C)(C)C)CO2. The van der Waals surface area contributed by atoms with E-state index in [1.165, 1.54) is 12.1 Å². The number of benzene rings is 2. The van der Waals surface area contributed by atoms with Gasteiger partial charge in [0.1, 0.15) is 12.4 Å². The minimum Gasteiger partial charge on any atom is -0.475 e. The molecule has 5 heterocycles. The van der Waals surface area contributed by atoms with Gasteiger partial charge in [0.25, 0.3) is 15.9 Å². The van der Waals surface area contributed by atoms with E-state index in [-0.39, 0.29) is 52.9 Å². The molecule has 7 rings (SSSR count). The molecule has 0 radical (unpaired) electrons. The fourth-order valence-electron chi connectivity index (χ4n) is 6.99. The number of fused-ring (bicyclic) bond motifs is 6. The van der Waals surface area contributed by atoms with Gasteiger partial charge in [0.15, 0.2) is 0 Å². The number of anilines is 2. The third kappa shape index (κ3) is 6.95. The maximum absolute atomic E-state index is 14.4. The van der Waals surface area contributed by atoms with Crippen molar-refractivity contribution in [2.24, 2.45) is 5.41 Å². The van der Waals surface area contributed by atoms with Crippen LogP contribution in [0.3, 0.4) is 0 Å². The monoisotopic (exact) mass is 683 g/mol. The van der Waals surface area contributed by atoms with Crippen LogP contribution >= 0.6 is 0 Å². The second-order valence-electron chi connectivity index (χ2n) is 14.3. The molecule has 6 bridgehead atoms. The molecule has 3 aliphatic rings. The zero-order chi connectivity index (χ0) is 34.5. The van der Waals surface area contributed by atoms with Gasteiger partial charge >= 0.3 is 0 Å². The molecule has 2 aromatic carbocycles. The molecule has 2 saturated heterocycles. The summed E-state index contributed by atoms with van der Waals surface area (Å²) < 4.78 is 42.0. The number of hydrogen-bond acceptors (Lipinski definition) is 10. The van der Waals surface area contributed by atoms with E-state index < -0.39 is 16.1 Å². The number of nitrogens with one attached hydrogen (secondary N) is 1. The summed E-state index contributed by atoms with van der Waals surface area (Å²) in [4.78, 5) is 36.8. The molecule has 0 aliphatic carbocycles. The Labute approximate surface area is 287 Å². The average molecular weight is 684 g/mol. The van der Waals surface area contributed by atoms with Gasteiger partial charge in [-0.05, 0) is 61.4 Å². The molecular formula is C36H41N7O5S. The smallest absolute Gasteiger partial charge is 0.264 e. The fourth-order valence-corrected chi connectivity index (χ4v) is 7.98. The second kappa shape index (κ2) is 12.7. The highest BCUT2D eigenvalue weighted by molar-refractivity contribution is 7.92. The summed E-state index contributed by atoms with van der Waals surface area (Å²) in [5.41, 5.74) is 4.28. The highest BCUT2D eigenvalue weighted by atomic mass is 32.2. The van der Waals surface area contributed by atoms with Gasteiger partial charge in [-0.3, -0.25) is 4.79 Å². The zero-order valence-electron chi connectivity index (χ0n) is 28.4. The highest BCUT2D eigenvalue weighted by Gasteiger charge is 2.39. The number of rotatable bonds is 5. The largest absolute Gasteiger partial charge is 0.475 e. The van der Waals surface area contributed by atoms with Crippen molar-refractivity contribution in [2.45, 2.75) is 77.1 Å². The first-order valence-corrected chi connectivity index (χ1v) is 18.0. The van der Waals surface area contributed by atoms with E-state index in [0.717, 1.165) is 35.3 Å². The van der Waals surface area contributed by atoms with Crippen LogP contribution in [0.4, 0.5) is 11.6 Å². The number of carbonyl (C=O) groups is 1. The summed E-state index contributed by atoms with van der Waals surface area (Å²) in [6.45, 7) is 12.0. The molecule has 3 atom stereocenters. The molecular weight excluding hydrogens is 643 g/mol. The van der Waals surface area contributed by atoms with Crippen LogP contribution in [0, 0.1) is 19.3 Å². The second-order valence-corrected chi connectivity index (χ2v) is 16.0. The summed E-state index contributed by atoms with van der Waals surface area (Å²) in [7, 11) is -4.18. The summed E-state index contributed by atoms with van der Waals surface area (Å²) in [6.07, 6.45) is 5.43. The first kappa shape index (κ1) is 32.9. The Bertz CT molecular complexity index is 1980. The van der Waals surface area contributed by atoms with E-state index in [1.807, 2.05) is 32.0 Å². The lowest BCUT2D eigenvalue weighted by Gasteiger charge is -2.35. The number of sulfonamides is 1. The maximum atomic E-state index is 14.4. The van der Waals surface area contributed by atoms with Crippen LogP contribution in [-0.2, 0) is 21.3 Å². The van der Waals surface area contributed by atoms with Gasteiger partial charge in [-0.15, -0.1) is 0 Å². The molecule has 256 valence electrons. The molecule has 49 heavy (non-hydrogen) atoms. The number of hydrogen-bond donors (Lipinski definition) is 1. The third-order valence-electron chi connectivity index (χ3n) is 9.27. The molecule has 2 unspecified atom stereocenters. The van der Waals surface area contributed by atoms with Gasteiger partial charge in [-0.2, -0.15) is 4.98 Å². The average Bonchev–Trinajstić information content (AvgIpc) is 3.69. The Kier molecular flexibility index (Phi) is 8.52. The molecule has 4 aromatic rings. The predicted octanol–water partition coefficient (Wildman–Crippen LogP) is 5.17. The van der Waals surface area contributed by atoms with Crippen LogP contribution < -0.4 is 14.4 Å². The Morgan fingerprint density at radius 3 is 2.39 bits per heavy atom. The third-order valence-corrected chi connectivity index (χ3v) is 10.6. The van der Waals surface area contributed by atoms with Crippen LogP contribution in [0.2, 0.25) is 0 Å². The molecule has 1 N–H and O–H groups in total. The van der Waals surface area contributed by atoms with Crippen molar-refractivity contribution in [3.05, 3.63) is 83.4 Å². The molecule has 12 nitrogen and oxygen atoms in total. The van der Waals surface area contributed by atoms with Gasteiger partial charge in [0.05, 0.1) is 60.0 Å². The summed E-state index contributed by atoms with van der Waals surface area (Å²) >= 11 is 0. The molecule has 3 aliphatic heterocycles. The topological polar surface area (TPSA) is 140 Å². The lowest BCUT2D eigenvalue weighted by atomic mass is 9.87. The van der Waals surface area contributed by atoms with Gasteiger partial charge in [0, 0.05) is 23.7 Å². The molecule has 2 aromatic heterocycles. The van der Waals surface area contributed by atoms with E-state index in [0.29, 0.717) is 30.6 Å². The van der Waals surface area contributed by atoms with Crippen LogP contribution in [-0.4, -0.2) is 77.1 Å². The molecule has 1 amide bonds. The first-order chi connectivity index (χ1) is 23.3. The van der Waals surface area contributed by atoms with Crippen molar-refractivity contribution >= 4 is 27.6 Å². The normalized spacial score (nSPS) is 21.7. The zero-order valence-corrected chi connectivity index (χ0v) is 29.2. The van der Waals surface area contributed by atoms with Crippen LogP contribution in [0.25, 0.3) is 11.3 Å². The van der Waals surface area contributed by atoms with Gasteiger partial charge in [0.2, 0.25) is 11.8 Å². The number of aryl methyl sites for hydroxylation is 2. The van der Waals surface area contributed by atoms with E-state index in [9.17, 15) is 13.2 Å². The highest BCUT2D eigenvalue weighted by Crippen LogP contribution is 2.33. The van der Waals surface area contributed by atoms with E-state index in [2.05, 4.69) is 40.4 Å². The van der Waals surface area contributed by atoms with Crippen molar-refractivity contribution in [3.8, 4) is 17.1 Å². The van der Waals surface area contributed by atoms with Crippen LogP contribution in [0.15, 0.2) is 65.8 Å². The lowest BCUT2D eigenvalue weighted by molar-refractivity contribution is 0.0505. The molecule has 13 heteroatoms. The van der Waals surface area contributed by atoms with Crippen LogP contribution in [0.1, 0.15) is 60.9 Å². The maximum Gasteiger partial charge on any atom is 0.264 e. The minimum absolute atomic E-state index is 0.0852. The van der Waals surface area contributed by atoms with Gasteiger partial charge in [-0.25, -0.2) is 28.1 Å². The number of nitrogens with zero attached hydrogens (tertiary/aromatic N) is 6. The lowest BCUT2D eigenvalue weighted by Crippen LogP contribution is -2.45. The predicted molar refractivity (Wildman–Crippen MR) is 185 cm³/mol. The van der Waals surface area contributed by atoms with E-state index in [1.54, 1.807) is 35.5 Å². The summed E-state index contributed by atoms with van der Waals surface area (Å²) in [5.74, 6) is 0.173. The molecule has 0 saturated carbocycles. The number of ether oxygens (including phenoxy) is 2. The first-order valence-electron chi connectivity index (χ1n) is 16.5. The summed E-state index contributed by atoms with van der Waals surface area (Å²) in [5, 5.41) is 0. The number of aromatic nitrogens is 4. The van der Waals surface area contributed by atoms with E-state index >= 15 is 0 Å². The van der Waals surface area contributed by atoms with Gasteiger partial charge < -0.3 is 19.3 Å². The quantitative estimate of drug-likeness (QED) is 0.300. The Balaban J connectivity index is 1.29. The molecule has 2 fully saturated rings. The van der Waals surface area contributed by atoms with Crippen molar-refractivity contribution in [1.82, 2.24) is 24.8 Å².